The van der Waals surface area contributed by atoms with Crippen molar-refractivity contribution in [2.45, 2.75) is 59.2 Å². The molecular formula is C17H33N3O. The van der Waals surface area contributed by atoms with E-state index in [2.05, 4.69) is 49.9 Å². The molecule has 2 aliphatic rings. The summed E-state index contributed by atoms with van der Waals surface area (Å²) in [6.45, 7) is 12.0. The Labute approximate surface area is 130 Å². The molecule has 21 heavy (non-hydrogen) atoms. The highest BCUT2D eigenvalue weighted by Crippen LogP contribution is 2.26. The van der Waals surface area contributed by atoms with E-state index >= 15 is 0 Å². The first-order valence-corrected chi connectivity index (χ1v) is 8.69. The second-order valence-electron chi connectivity index (χ2n) is 7.48. The molecule has 2 fully saturated rings. The second-order valence-corrected chi connectivity index (χ2v) is 7.48. The largest absolute Gasteiger partial charge is 0.325 e. The van der Waals surface area contributed by atoms with Crippen LogP contribution in [0, 0.1) is 17.8 Å². The molecule has 0 aromatic rings. The lowest BCUT2D eigenvalue weighted by atomic mass is 9.96. The minimum atomic E-state index is 0.0173. The summed E-state index contributed by atoms with van der Waals surface area (Å²) in [5.74, 6) is 1.84. The maximum Gasteiger partial charge on any atom is 0.241 e. The van der Waals surface area contributed by atoms with Gasteiger partial charge in [0, 0.05) is 13.1 Å². The lowest BCUT2D eigenvalue weighted by molar-refractivity contribution is -0.132. The zero-order valence-corrected chi connectivity index (χ0v) is 14.4. The van der Waals surface area contributed by atoms with Crippen molar-refractivity contribution in [1.82, 2.24) is 15.1 Å². The molecule has 2 heterocycles. The first-order valence-electron chi connectivity index (χ1n) is 8.69. The highest BCUT2D eigenvalue weighted by molar-refractivity contribution is 5.84. The average molecular weight is 295 g/mol. The number of likely N-dealkylation sites (tertiary alicyclic amines) is 1. The Morgan fingerprint density at radius 2 is 2.05 bits per heavy atom. The molecule has 0 aromatic carbocycles. The molecule has 1 N–H and O–H groups in total. The van der Waals surface area contributed by atoms with Gasteiger partial charge in [0.1, 0.15) is 0 Å². The number of nitrogens with zero attached hydrogens (tertiary/aromatic N) is 2. The second kappa shape index (κ2) is 7.10. The summed E-state index contributed by atoms with van der Waals surface area (Å²) in [4.78, 5) is 17.4. The van der Waals surface area contributed by atoms with E-state index in [1.54, 1.807) is 0 Å². The van der Waals surface area contributed by atoms with Gasteiger partial charge < -0.3 is 9.80 Å². The number of rotatable bonds is 5. The maximum absolute atomic E-state index is 12.8. The number of carbonyl (C=O) groups is 1. The van der Waals surface area contributed by atoms with E-state index in [9.17, 15) is 4.79 Å². The van der Waals surface area contributed by atoms with Crippen LogP contribution >= 0.6 is 0 Å². The summed E-state index contributed by atoms with van der Waals surface area (Å²) in [5, 5.41) is 3.60. The van der Waals surface area contributed by atoms with E-state index < -0.39 is 0 Å². The maximum atomic E-state index is 12.8. The standard InChI is InChI=1S/C17H33N3O/c1-6-13(4)15-17(21)20(16(18-15)12(2)3)11-14-8-7-9-19(5)10-14/h12-16,18H,6-11H2,1-5H3. The van der Waals surface area contributed by atoms with E-state index in [-0.39, 0.29) is 12.2 Å². The molecule has 0 aromatic heterocycles. The molecule has 0 bridgehead atoms. The molecular weight excluding hydrogens is 262 g/mol. The topological polar surface area (TPSA) is 35.6 Å². The highest BCUT2D eigenvalue weighted by atomic mass is 16.2. The van der Waals surface area contributed by atoms with E-state index in [4.69, 9.17) is 0 Å². The van der Waals surface area contributed by atoms with Crippen LogP contribution in [0.4, 0.5) is 0 Å². The lowest BCUT2D eigenvalue weighted by Gasteiger charge is -2.35. The van der Waals surface area contributed by atoms with Crippen LogP contribution in [0.5, 0.6) is 0 Å². The third-order valence-electron chi connectivity index (χ3n) is 5.26. The van der Waals surface area contributed by atoms with Gasteiger partial charge in [-0.1, -0.05) is 34.1 Å². The van der Waals surface area contributed by atoms with E-state index in [1.807, 2.05) is 0 Å². The third-order valence-corrected chi connectivity index (χ3v) is 5.26. The normalized spacial score (nSPS) is 33.0. The molecule has 4 atom stereocenters. The van der Waals surface area contributed by atoms with Gasteiger partial charge in [-0.05, 0) is 44.2 Å². The fourth-order valence-corrected chi connectivity index (χ4v) is 3.76. The summed E-state index contributed by atoms with van der Waals surface area (Å²) in [5.41, 5.74) is 0. The summed E-state index contributed by atoms with van der Waals surface area (Å²) in [7, 11) is 2.19. The molecule has 2 saturated heterocycles. The summed E-state index contributed by atoms with van der Waals surface area (Å²) in [6.07, 6.45) is 3.78. The Hall–Kier alpha value is -0.610. The number of nitrogens with one attached hydrogen (secondary N) is 1. The summed E-state index contributed by atoms with van der Waals surface area (Å²) in [6, 6.07) is 0.0173. The third kappa shape index (κ3) is 3.78. The van der Waals surface area contributed by atoms with Gasteiger partial charge in [0.25, 0.3) is 0 Å². The van der Waals surface area contributed by atoms with Crippen molar-refractivity contribution in [3.05, 3.63) is 0 Å². The van der Waals surface area contributed by atoms with Crippen molar-refractivity contribution in [2.24, 2.45) is 17.8 Å². The summed E-state index contributed by atoms with van der Waals surface area (Å²) >= 11 is 0. The van der Waals surface area contributed by atoms with Crippen LogP contribution in [0.2, 0.25) is 0 Å². The van der Waals surface area contributed by atoms with Gasteiger partial charge in [-0.2, -0.15) is 0 Å². The van der Waals surface area contributed by atoms with Crippen molar-refractivity contribution in [2.75, 3.05) is 26.7 Å². The van der Waals surface area contributed by atoms with Gasteiger partial charge in [0.2, 0.25) is 5.91 Å². The van der Waals surface area contributed by atoms with Crippen LogP contribution in [0.25, 0.3) is 0 Å². The van der Waals surface area contributed by atoms with Crippen LogP contribution in [-0.4, -0.2) is 54.6 Å². The van der Waals surface area contributed by atoms with Crippen LogP contribution in [0.15, 0.2) is 0 Å². The molecule has 0 spiro atoms. The van der Waals surface area contributed by atoms with Crippen molar-refractivity contribution in [3.63, 3.8) is 0 Å². The van der Waals surface area contributed by atoms with E-state index in [0.29, 0.717) is 23.7 Å². The van der Waals surface area contributed by atoms with E-state index in [0.717, 1.165) is 19.5 Å². The molecule has 4 nitrogen and oxygen atoms in total. The predicted molar refractivity (Wildman–Crippen MR) is 86.9 cm³/mol. The monoisotopic (exact) mass is 295 g/mol. The van der Waals surface area contributed by atoms with Gasteiger partial charge in [-0.15, -0.1) is 0 Å². The smallest absolute Gasteiger partial charge is 0.241 e. The SMILES string of the molecule is CCC(C)C1NC(C(C)C)N(CC2CCCN(C)C2)C1=O. The molecule has 0 saturated carbocycles. The van der Waals surface area contributed by atoms with Gasteiger partial charge in [0.05, 0.1) is 12.2 Å². The van der Waals surface area contributed by atoms with Crippen molar-refractivity contribution >= 4 is 5.91 Å². The molecule has 1 amide bonds. The number of hydrogen-bond acceptors (Lipinski definition) is 3. The van der Waals surface area contributed by atoms with Crippen LogP contribution in [-0.2, 0) is 4.79 Å². The number of amides is 1. The molecule has 0 aliphatic carbocycles. The van der Waals surface area contributed by atoms with Gasteiger partial charge >= 0.3 is 0 Å². The summed E-state index contributed by atoms with van der Waals surface area (Å²) < 4.78 is 0. The first kappa shape index (κ1) is 16.8. The molecule has 0 radical (unpaired) electrons. The molecule has 2 aliphatic heterocycles. The zero-order chi connectivity index (χ0) is 15.6. The molecule has 2 rings (SSSR count). The Morgan fingerprint density at radius 1 is 1.33 bits per heavy atom. The van der Waals surface area contributed by atoms with Crippen molar-refractivity contribution in [3.8, 4) is 0 Å². The molecule has 4 heteroatoms. The van der Waals surface area contributed by atoms with E-state index in [1.165, 1.54) is 19.4 Å². The Morgan fingerprint density at radius 3 is 2.62 bits per heavy atom. The minimum Gasteiger partial charge on any atom is -0.325 e. The van der Waals surface area contributed by atoms with Gasteiger partial charge in [-0.25, -0.2) is 0 Å². The number of piperidine rings is 1. The quantitative estimate of drug-likeness (QED) is 0.844. The predicted octanol–water partition coefficient (Wildman–Crippen LogP) is 2.16. The fraction of sp³-hybridized carbons (Fsp3) is 0.941. The van der Waals surface area contributed by atoms with Gasteiger partial charge in [0.15, 0.2) is 0 Å². The number of hydrogen-bond donors (Lipinski definition) is 1. The Balaban J connectivity index is 2.05. The first-order chi connectivity index (χ1) is 9.93. The average Bonchev–Trinajstić information content (AvgIpc) is 2.76. The number of carbonyl (C=O) groups excluding carboxylic acids is 1. The fourth-order valence-electron chi connectivity index (χ4n) is 3.76. The molecule has 4 unspecified atom stereocenters. The molecule has 122 valence electrons. The van der Waals surface area contributed by atoms with Crippen LogP contribution < -0.4 is 5.32 Å². The lowest BCUT2D eigenvalue weighted by Crippen LogP contribution is -2.46. The minimum absolute atomic E-state index is 0.0173. The van der Waals surface area contributed by atoms with Gasteiger partial charge in [-0.3, -0.25) is 10.1 Å². The van der Waals surface area contributed by atoms with Crippen LogP contribution in [0.1, 0.15) is 47.0 Å². The Bertz CT molecular complexity index is 358. The van der Waals surface area contributed by atoms with Crippen molar-refractivity contribution in [1.29, 1.82) is 0 Å². The highest BCUT2D eigenvalue weighted by Gasteiger charge is 2.42. The van der Waals surface area contributed by atoms with Crippen LogP contribution in [0.3, 0.4) is 0 Å². The van der Waals surface area contributed by atoms with Crippen molar-refractivity contribution < 1.29 is 4.79 Å². The zero-order valence-electron chi connectivity index (χ0n) is 14.4. The Kier molecular flexibility index (Phi) is 5.67.